The van der Waals surface area contributed by atoms with Crippen molar-refractivity contribution in [2.75, 3.05) is 30.3 Å². The number of ether oxygens (including phenoxy) is 1. The van der Waals surface area contributed by atoms with E-state index in [4.69, 9.17) is 20.3 Å². The van der Waals surface area contributed by atoms with Crippen LogP contribution in [0.2, 0.25) is 0 Å². The number of aromatic nitrogens is 2. The molecule has 69 heavy (non-hydrogen) atoms. The van der Waals surface area contributed by atoms with Gasteiger partial charge < -0.3 is 49.2 Å². The normalized spacial score (nSPS) is 22.3. The lowest BCUT2D eigenvalue weighted by atomic mass is 9.81. The van der Waals surface area contributed by atoms with E-state index in [0.29, 0.717) is 49.2 Å². The van der Waals surface area contributed by atoms with Gasteiger partial charge in [-0.15, -0.1) is 0 Å². The summed E-state index contributed by atoms with van der Waals surface area (Å²) in [4.78, 5) is 54.5. The van der Waals surface area contributed by atoms with Crippen LogP contribution >= 0.6 is 23.5 Å². The molecule has 1 aromatic heterocycles. The standard InChI is InChI=1S/C40H50N5O19P3S2/c1-6-43-30-17-15-26(68(55,56)57)20-28(30)39(2,3)34(43)13-11-14-35-40(4,5)29-21-27(69(58,59)60)16-18-31(29)44(35)19-10-8-7-9-12-25-23-45(38(47)42-37(25)41)36-22-32(46)33(62-36)24-61-66(51,52)64-67(53,54)63-65(48,49)50/h11,13-18,20-21,23,32-33,36,46H,6-8,10,19,22,24H2,1-5H3,(H7-,41,42,47,48,49,50,51,52,53,54,55,56,57,58,59,60)/p-1/t32?,33-,36-/m1/s1. The fourth-order valence-electron chi connectivity index (χ4n) is 8.36. The number of nitrogens with zero attached hydrogens (tertiary/aromatic N) is 4. The second-order valence-electron chi connectivity index (χ2n) is 17.0. The van der Waals surface area contributed by atoms with Crippen molar-refractivity contribution in [2.24, 2.45) is 0 Å². The molecule has 4 heterocycles. The van der Waals surface area contributed by atoms with Gasteiger partial charge in [-0.3, -0.25) is 9.09 Å². The van der Waals surface area contributed by atoms with Crippen LogP contribution in [0, 0.1) is 11.8 Å². The van der Waals surface area contributed by atoms with Crippen LogP contribution in [0.4, 0.5) is 17.2 Å². The van der Waals surface area contributed by atoms with E-state index in [1.54, 1.807) is 12.1 Å². The molecule has 3 aliphatic heterocycles. The van der Waals surface area contributed by atoms with Gasteiger partial charge >= 0.3 is 29.2 Å². The predicted octanol–water partition coefficient (Wildman–Crippen LogP) is 3.48. The number of aliphatic hydroxyl groups is 1. The monoisotopic (exact) mass is 1060 g/mol. The zero-order valence-electron chi connectivity index (χ0n) is 37.4. The van der Waals surface area contributed by atoms with E-state index in [0.717, 1.165) is 21.7 Å². The van der Waals surface area contributed by atoms with Crippen LogP contribution < -0.4 is 16.3 Å². The Morgan fingerprint density at radius 1 is 0.957 bits per heavy atom. The number of phosphoric acid groups is 3. The van der Waals surface area contributed by atoms with Crippen LogP contribution in [0.1, 0.15) is 83.2 Å². The van der Waals surface area contributed by atoms with Crippen LogP contribution in [-0.2, 0) is 62.6 Å². The second kappa shape index (κ2) is 19.8. The molecule has 3 unspecified atom stereocenters. The van der Waals surface area contributed by atoms with E-state index in [1.807, 2.05) is 62.3 Å². The lowest BCUT2D eigenvalue weighted by Crippen LogP contribution is -2.29. The van der Waals surface area contributed by atoms with E-state index in [-0.39, 0.29) is 27.6 Å². The van der Waals surface area contributed by atoms with Gasteiger partial charge in [-0.05, 0) is 69.2 Å². The van der Waals surface area contributed by atoms with Crippen LogP contribution in [0.15, 0.2) is 81.1 Å². The quantitative estimate of drug-likeness (QED) is 0.0370. The van der Waals surface area contributed by atoms with E-state index in [9.17, 15) is 59.3 Å². The van der Waals surface area contributed by atoms with Gasteiger partial charge in [0.15, 0.2) is 5.71 Å². The number of aliphatic hydroxyl groups excluding tert-OH is 1. The summed E-state index contributed by atoms with van der Waals surface area (Å²) in [5.41, 5.74) is 8.11. The summed E-state index contributed by atoms with van der Waals surface area (Å²) in [6.45, 7) is 9.63. The Hall–Kier alpha value is -4.22. The van der Waals surface area contributed by atoms with Crippen molar-refractivity contribution in [2.45, 2.75) is 99.4 Å². The van der Waals surface area contributed by atoms with E-state index < -0.39 is 85.3 Å². The summed E-state index contributed by atoms with van der Waals surface area (Å²) in [6, 6.07) is 8.56. The van der Waals surface area contributed by atoms with Crippen molar-refractivity contribution in [3.05, 3.63) is 93.7 Å². The summed E-state index contributed by atoms with van der Waals surface area (Å²) >= 11 is 0. The fraction of sp³-hybridized carbons (Fsp3) is 0.425. The average molecular weight is 1060 g/mol. The number of nitrogens with two attached hydrogens (primary N) is 1. The maximum atomic E-state index is 12.8. The van der Waals surface area contributed by atoms with Crippen molar-refractivity contribution in [1.82, 2.24) is 9.55 Å². The largest absolute Gasteiger partial charge is 0.744 e. The van der Waals surface area contributed by atoms with E-state index in [2.05, 4.69) is 30.0 Å². The highest BCUT2D eigenvalue weighted by Gasteiger charge is 2.46. The molecule has 376 valence electrons. The highest BCUT2D eigenvalue weighted by molar-refractivity contribution is 7.86. The molecule has 24 nitrogen and oxygen atoms in total. The van der Waals surface area contributed by atoms with Crippen molar-refractivity contribution >= 4 is 66.6 Å². The minimum Gasteiger partial charge on any atom is -0.744 e. The van der Waals surface area contributed by atoms with Crippen molar-refractivity contribution in [1.29, 1.82) is 0 Å². The number of hydrogen-bond donors (Lipinski definition) is 6. The van der Waals surface area contributed by atoms with Gasteiger partial charge in [0, 0.05) is 66.5 Å². The summed E-state index contributed by atoms with van der Waals surface area (Å²) in [6.07, 6.45) is 3.95. The molecule has 0 amide bonds. The summed E-state index contributed by atoms with van der Waals surface area (Å²) in [7, 11) is -26.4. The minimum atomic E-state index is -5.79. The maximum absolute atomic E-state index is 12.8. The Morgan fingerprint density at radius 3 is 2.22 bits per heavy atom. The Morgan fingerprint density at radius 2 is 1.59 bits per heavy atom. The second-order valence-corrected chi connectivity index (χ2v) is 24.2. The number of hydrogen-bond acceptors (Lipinski definition) is 18. The third-order valence-electron chi connectivity index (χ3n) is 11.6. The summed E-state index contributed by atoms with van der Waals surface area (Å²) in [5, 5.41) is 10.5. The lowest BCUT2D eigenvalue weighted by Gasteiger charge is -2.25. The Labute approximate surface area is 396 Å². The number of phosphoric ester groups is 1. The van der Waals surface area contributed by atoms with E-state index in [1.165, 1.54) is 30.5 Å². The molecule has 3 aromatic rings. The number of rotatable bonds is 17. The summed E-state index contributed by atoms with van der Waals surface area (Å²) in [5.74, 6) is 5.64. The van der Waals surface area contributed by atoms with Crippen molar-refractivity contribution < 1.29 is 86.8 Å². The molecule has 6 rings (SSSR count). The van der Waals surface area contributed by atoms with Crippen LogP contribution in [0.3, 0.4) is 0 Å². The number of unbranched alkanes of at least 4 members (excludes halogenated alkanes) is 2. The molecular weight excluding hydrogens is 1010 g/mol. The van der Waals surface area contributed by atoms with Crippen LogP contribution in [-0.4, -0.2) is 102 Å². The molecule has 2 aromatic carbocycles. The smallest absolute Gasteiger partial charge is 0.490 e. The minimum absolute atomic E-state index is 0.115. The zero-order chi connectivity index (χ0) is 51.3. The number of fused-ring (bicyclic) bond motifs is 2. The Kier molecular flexibility index (Phi) is 15.5. The number of allylic oxidation sites excluding steroid dienone is 4. The first kappa shape index (κ1) is 54.1. The van der Waals surface area contributed by atoms with Gasteiger partial charge in [0.25, 0.3) is 0 Å². The molecule has 29 heteroatoms. The number of nitrogen functional groups attached to an aromatic ring is 1. The Bertz CT molecular complexity index is 3160. The molecule has 0 aliphatic carbocycles. The van der Waals surface area contributed by atoms with Gasteiger partial charge in [-0.25, -0.2) is 35.3 Å². The van der Waals surface area contributed by atoms with E-state index >= 15 is 0 Å². The van der Waals surface area contributed by atoms with Gasteiger partial charge in [-0.2, -0.15) is 18.2 Å². The SMILES string of the molecule is CCN1/C(=C/C=C/C2=[N+](CCCCC#Cc3cn([C@H]4CC(O)[C@@H](COP(=O)(O)OP(=O)(O)OP(=O)(O)O)O4)c(=O)nc3N)c3ccc(S(=O)(=O)[O-])cc3C2(C)C)C(C)(C)c2cc(S(=O)(=O)[O-])ccc21. The molecule has 7 N–H and O–H groups in total. The highest BCUT2D eigenvalue weighted by atomic mass is 32.2. The third kappa shape index (κ3) is 12.3. The van der Waals surface area contributed by atoms with Crippen LogP contribution in [0.25, 0.3) is 0 Å². The number of anilines is 2. The predicted molar refractivity (Wildman–Crippen MR) is 243 cm³/mol. The fourth-order valence-corrected chi connectivity index (χ4v) is 12.4. The first-order valence-corrected chi connectivity index (χ1v) is 28.1. The highest BCUT2D eigenvalue weighted by Crippen LogP contribution is 2.66. The maximum Gasteiger partial charge on any atom is 0.490 e. The number of likely N-dealkylation sites (N-methyl/N-ethyl adjacent to an activating group) is 1. The molecule has 0 saturated carbocycles. The molecule has 0 bridgehead atoms. The van der Waals surface area contributed by atoms with Gasteiger partial charge in [0.05, 0.1) is 33.5 Å². The molecule has 0 spiro atoms. The summed E-state index contributed by atoms with van der Waals surface area (Å²) < 4.78 is 127. The third-order valence-corrected chi connectivity index (χ3v) is 17.1. The van der Waals surface area contributed by atoms with Crippen LogP contribution in [0.5, 0.6) is 0 Å². The average Bonchev–Trinajstić information content (AvgIpc) is 3.76. The first-order chi connectivity index (χ1) is 31.8. The molecule has 1 saturated heterocycles. The van der Waals surface area contributed by atoms with Gasteiger partial charge in [0.1, 0.15) is 44.9 Å². The molecular formula is C40H49N5O19P3S2-. The van der Waals surface area contributed by atoms with Crippen molar-refractivity contribution in [3.63, 3.8) is 0 Å². The van der Waals surface area contributed by atoms with Gasteiger partial charge in [-0.1, -0.05) is 31.8 Å². The Balaban J connectivity index is 1.17. The molecule has 1 fully saturated rings. The van der Waals surface area contributed by atoms with Gasteiger partial charge in [0.2, 0.25) is 5.69 Å². The molecule has 3 aliphatic rings. The number of benzene rings is 2. The zero-order valence-corrected chi connectivity index (χ0v) is 41.7. The topological polar surface area (TPSA) is 371 Å². The molecule has 0 radical (unpaired) electrons. The lowest BCUT2D eigenvalue weighted by molar-refractivity contribution is -0.438. The van der Waals surface area contributed by atoms with Crippen molar-refractivity contribution in [3.8, 4) is 11.8 Å². The first-order valence-electron chi connectivity index (χ1n) is 20.8. The molecule has 5 atom stereocenters.